The number of pyridine rings is 1. The summed E-state index contributed by atoms with van der Waals surface area (Å²) in [6.45, 7) is 2.79. The summed E-state index contributed by atoms with van der Waals surface area (Å²) in [4.78, 5) is 8.65. The molecule has 2 aromatic heterocycles. The Balaban J connectivity index is 1.59. The van der Waals surface area contributed by atoms with Crippen LogP contribution in [0.15, 0.2) is 28.5 Å². The number of rotatable bonds is 5. The summed E-state index contributed by atoms with van der Waals surface area (Å²) in [5.41, 5.74) is 1.22. The summed E-state index contributed by atoms with van der Waals surface area (Å²) in [5, 5.41) is 12.0. The topological polar surface area (TPSA) is 66.5 Å². The van der Waals surface area contributed by atoms with Gasteiger partial charge in [0.15, 0.2) is 0 Å². The van der Waals surface area contributed by atoms with Gasteiger partial charge < -0.3 is 5.32 Å². The normalized spacial score (nSPS) is 14.9. The third-order valence-corrected chi connectivity index (χ3v) is 3.56. The fraction of sp³-hybridized carbons (Fsp3) is 0.417. The molecule has 2 aromatic rings. The van der Waals surface area contributed by atoms with Gasteiger partial charge in [-0.1, -0.05) is 6.07 Å². The molecule has 18 heavy (non-hydrogen) atoms. The van der Waals surface area contributed by atoms with Crippen LogP contribution < -0.4 is 5.32 Å². The molecule has 0 spiro atoms. The second-order valence-electron chi connectivity index (χ2n) is 4.47. The molecule has 1 saturated carbocycles. The van der Waals surface area contributed by atoms with E-state index in [1.165, 1.54) is 30.2 Å². The number of hydrogen-bond donors (Lipinski definition) is 2. The highest BCUT2D eigenvalue weighted by atomic mass is 32.2. The van der Waals surface area contributed by atoms with Gasteiger partial charge in [-0.05, 0) is 43.2 Å². The fourth-order valence-corrected chi connectivity index (χ4v) is 2.29. The van der Waals surface area contributed by atoms with Crippen molar-refractivity contribution in [3.63, 3.8) is 0 Å². The van der Waals surface area contributed by atoms with E-state index in [0.717, 1.165) is 23.4 Å². The molecule has 2 heterocycles. The van der Waals surface area contributed by atoms with E-state index < -0.39 is 0 Å². The first-order valence-electron chi connectivity index (χ1n) is 6.05. The maximum absolute atomic E-state index is 4.41. The zero-order chi connectivity index (χ0) is 12.4. The first-order chi connectivity index (χ1) is 8.79. The van der Waals surface area contributed by atoms with Crippen LogP contribution in [0.5, 0.6) is 0 Å². The molecule has 2 N–H and O–H groups in total. The van der Waals surface area contributed by atoms with E-state index in [0.29, 0.717) is 5.16 Å². The Morgan fingerprint density at radius 1 is 1.44 bits per heavy atom. The van der Waals surface area contributed by atoms with Gasteiger partial charge >= 0.3 is 0 Å². The minimum Gasteiger partial charge on any atom is -0.310 e. The van der Waals surface area contributed by atoms with E-state index in [9.17, 15) is 0 Å². The summed E-state index contributed by atoms with van der Waals surface area (Å²) in [5.74, 6) is 0.822. The maximum Gasteiger partial charge on any atom is 0.214 e. The zero-order valence-electron chi connectivity index (χ0n) is 10.2. The van der Waals surface area contributed by atoms with Crippen LogP contribution in [-0.2, 0) is 6.54 Å². The molecular weight excluding hydrogens is 246 g/mol. The Labute approximate surface area is 110 Å². The molecule has 0 radical (unpaired) electrons. The molecular formula is C12H15N5S. The molecule has 0 unspecified atom stereocenters. The van der Waals surface area contributed by atoms with Gasteiger partial charge in [0.05, 0.1) is 0 Å². The molecule has 0 aliphatic heterocycles. The SMILES string of the molecule is Cc1nc(Sc2ccc(CNC3CC3)cn2)n[nH]1. The highest BCUT2D eigenvalue weighted by molar-refractivity contribution is 7.99. The minimum absolute atomic E-state index is 0.712. The van der Waals surface area contributed by atoms with E-state index in [1.54, 1.807) is 0 Å². The van der Waals surface area contributed by atoms with Crippen LogP contribution in [0.1, 0.15) is 24.2 Å². The van der Waals surface area contributed by atoms with E-state index >= 15 is 0 Å². The lowest BCUT2D eigenvalue weighted by Gasteiger charge is -2.03. The van der Waals surface area contributed by atoms with Crippen molar-refractivity contribution in [2.75, 3.05) is 0 Å². The van der Waals surface area contributed by atoms with Crippen LogP contribution >= 0.6 is 11.8 Å². The summed E-state index contributed by atoms with van der Waals surface area (Å²) in [6, 6.07) is 4.85. The molecule has 3 rings (SSSR count). The second kappa shape index (κ2) is 5.07. The summed E-state index contributed by atoms with van der Waals surface area (Å²) in [7, 11) is 0. The van der Waals surface area contributed by atoms with Gasteiger partial charge in [-0.3, -0.25) is 5.10 Å². The van der Waals surface area contributed by atoms with Crippen LogP contribution in [-0.4, -0.2) is 26.2 Å². The number of aromatic nitrogens is 4. The highest BCUT2D eigenvalue weighted by Crippen LogP contribution is 2.23. The smallest absolute Gasteiger partial charge is 0.214 e. The molecule has 0 atom stereocenters. The maximum atomic E-state index is 4.41. The molecule has 0 bridgehead atoms. The summed E-state index contributed by atoms with van der Waals surface area (Å²) in [6.07, 6.45) is 4.54. The monoisotopic (exact) mass is 261 g/mol. The number of hydrogen-bond acceptors (Lipinski definition) is 5. The molecule has 6 heteroatoms. The standard InChI is InChI=1S/C12H15N5S/c1-8-15-12(17-16-8)18-11-5-2-9(7-14-11)6-13-10-3-4-10/h2,5,7,10,13H,3-4,6H2,1H3,(H,15,16,17). The van der Waals surface area contributed by atoms with Crippen LogP contribution in [0.3, 0.4) is 0 Å². The van der Waals surface area contributed by atoms with Gasteiger partial charge in [0, 0.05) is 18.8 Å². The molecule has 1 aliphatic carbocycles. The molecule has 0 amide bonds. The van der Waals surface area contributed by atoms with Crippen molar-refractivity contribution in [2.24, 2.45) is 0 Å². The van der Waals surface area contributed by atoms with E-state index in [4.69, 9.17) is 0 Å². The van der Waals surface area contributed by atoms with Crippen molar-refractivity contribution in [3.8, 4) is 0 Å². The number of aryl methyl sites for hydroxylation is 1. The van der Waals surface area contributed by atoms with Gasteiger partial charge in [0.25, 0.3) is 0 Å². The lowest BCUT2D eigenvalue weighted by molar-refractivity contribution is 0.685. The lowest BCUT2D eigenvalue weighted by Crippen LogP contribution is -2.15. The predicted octanol–water partition coefficient (Wildman–Crippen LogP) is 1.91. The predicted molar refractivity (Wildman–Crippen MR) is 69.3 cm³/mol. The van der Waals surface area contributed by atoms with Gasteiger partial charge in [0.1, 0.15) is 10.9 Å². The van der Waals surface area contributed by atoms with E-state index in [2.05, 4.69) is 31.5 Å². The third-order valence-electron chi connectivity index (χ3n) is 2.74. The van der Waals surface area contributed by atoms with E-state index in [-0.39, 0.29) is 0 Å². The lowest BCUT2D eigenvalue weighted by atomic mass is 10.3. The largest absolute Gasteiger partial charge is 0.310 e. The first kappa shape index (κ1) is 11.7. The van der Waals surface area contributed by atoms with Gasteiger partial charge in [-0.25, -0.2) is 9.97 Å². The number of aromatic amines is 1. The van der Waals surface area contributed by atoms with Crippen LogP contribution in [0.25, 0.3) is 0 Å². The molecule has 0 saturated heterocycles. The Morgan fingerprint density at radius 2 is 2.33 bits per heavy atom. The van der Waals surface area contributed by atoms with Crippen molar-refractivity contribution in [1.29, 1.82) is 0 Å². The molecule has 1 aliphatic rings. The second-order valence-corrected chi connectivity index (χ2v) is 5.45. The Kier molecular flexibility index (Phi) is 3.29. The van der Waals surface area contributed by atoms with Crippen molar-refractivity contribution in [1.82, 2.24) is 25.5 Å². The average molecular weight is 261 g/mol. The summed E-state index contributed by atoms with van der Waals surface area (Å²) < 4.78 is 0. The Hall–Kier alpha value is -1.40. The zero-order valence-corrected chi connectivity index (χ0v) is 11.0. The Morgan fingerprint density at radius 3 is 2.94 bits per heavy atom. The van der Waals surface area contributed by atoms with Crippen LogP contribution in [0.2, 0.25) is 0 Å². The van der Waals surface area contributed by atoms with Gasteiger partial charge in [-0.15, -0.1) is 5.10 Å². The number of nitrogens with one attached hydrogen (secondary N) is 2. The van der Waals surface area contributed by atoms with Crippen molar-refractivity contribution in [3.05, 3.63) is 29.7 Å². The van der Waals surface area contributed by atoms with E-state index in [1.807, 2.05) is 19.2 Å². The van der Waals surface area contributed by atoms with Crippen molar-refractivity contribution < 1.29 is 0 Å². The summed E-state index contributed by atoms with van der Waals surface area (Å²) >= 11 is 1.47. The quantitative estimate of drug-likeness (QED) is 0.860. The Bertz CT molecular complexity index is 518. The van der Waals surface area contributed by atoms with Gasteiger partial charge in [-0.2, -0.15) is 0 Å². The highest BCUT2D eigenvalue weighted by Gasteiger charge is 2.19. The molecule has 5 nitrogen and oxygen atoms in total. The number of nitrogens with zero attached hydrogens (tertiary/aromatic N) is 3. The fourth-order valence-electron chi connectivity index (χ4n) is 1.59. The number of H-pyrrole nitrogens is 1. The van der Waals surface area contributed by atoms with Crippen molar-refractivity contribution >= 4 is 11.8 Å². The van der Waals surface area contributed by atoms with Crippen molar-refractivity contribution in [2.45, 2.75) is 42.5 Å². The third kappa shape index (κ3) is 3.08. The molecule has 1 fully saturated rings. The van der Waals surface area contributed by atoms with Crippen LogP contribution in [0, 0.1) is 6.92 Å². The first-order valence-corrected chi connectivity index (χ1v) is 6.86. The molecule has 94 valence electrons. The van der Waals surface area contributed by atoms with Gasteiger partial charge in [0.2, 0.25) is 5.16 Å². The average Bonchev–Trinajstić information content (AvgIpc) is 3.12. The minimum atomic E-state index is 0.712. The molecule has 0 aromatic carbocycles. The van der Waals surface area contributed by atoms with Crippen LogP contribution in [0.4, 0.5) is 0 Å².